The predicted octanol–water partition coefficient (Wildman–Crippen LogP) is 2.64. The lowest BCUT2D eigenvalue weighted by atomic mass is 9.86. The quantitative estimate of drug-likeness (QED) is 0.798. The third kappa shape index (κ3) is 3.47. The van der Waals surface area contributed by atoms with Crippen LogP contribution in [0.2, 0.25) is 0 Å². The topological polar surface area (TPSA) is 57.7 Å². The van der Waals surface area contributed by atoms with Crippen molar-refractivity contribution in [1.29, 1.82) is 0 Å². The third-order valence-electron chi connectivity index (χ3n) is 5.16. The minimum absolute atomic E-state index is 0.100. The smallest absolute Gasteiger partial charge is 0.289 e. The molecule has 3 amide bonds. The summed E-state index contributed by atoms with van der Waals surface area (Å²) in [5.74, 6) is 1.07. The van der Waals surface area contributed by atoms with Crippen molar-refractivity contribution in [3.8, 4) is 0 Å². The Labute approximate surface area is 135 Å². The molecule has 2 heterocycles. The molecule has 2 aliphatic heterocycles. The zero-order chi connectivity index (χ0) is 15.5. The van der Waals surface area contributed by atoms with Gasteiger partial charge in [-0.2, -0.15) is 0 Å². The first kappa shape index (κ1) is 15.8. The van der Waals surface area contributed by atoms with Crippen molar-refractivity contribution in [2.24, 2.45) is 5.92 Å². The molecule has 0 aromatic rings. The van der Waals surface area contributed by atoms with Crippen LogP contribution in [0.3, 0.4) is 0 Å². The third-order valence-corrected chi connectivity index (χ3v) is 5.99. The van der Waals surface area contributed by atoms with Gasteiger partial charge in [0.15, 0.2) is 0 Å². The number of hydrogen-bond acceptors (Lipinski definition) is 4. The van der Waals surface area contributed by atoms with Crippen molar-refractivity contribution in [1.82, 2.24) is 9.80 Å². The average molecular weight is 324 g/mol. The molecule has 5 nitrogen and oxygen atoms in total. The van der Waals surface area contributed by atoms with E-state index in [-0.39, 0.29) is 28.8 Å². The van der Waals surface area contributed by atoms with E-state index in [9.17, 15) is 14.4 Å². The van der Waals surface area contributed by atoms with Crippen LogP contribution in [0.5, 0.6) is 0 Å². The first-order valence-corrected chi connectivity index (χ1v) is 9.40. The lowest BCUT2D eigenvalue weighted by molar-refractivity contribution is -0.131. The molecule has 0 spiro atoms. The number of nitrogens with zero attached hydrogens (tertiary/aromatic N) is 2. The van der Waals surface area contributed by atoms with Gasteiger partial charge < -0.3 is 4.90 Å². The number of likely N-dealkylation sites (tertiary alicyclic amines) is 1. The predicted molar refractivity (Wildman–Crippen MR) is 85.5 cm³/mol. The van der Waals surface area contributed by atoms with Crippen LogP contribution in [0.1, 0.15) is 51.4 Å². The first-order chi connectivity index (χ1) is 10.6. The van der Waals surface area contributed by atoms with Crippen molar-refractivity contribution >= 4 is 28.8 Å². The van der Waals surface area contributed by atoms with Gasteiger partial charge in [-0.05, 0) is 18.8 Å². The number of thioether (sulfide) groups is 1. The van der Waals surface area contributed by atoms with Crippen LogP contribution in [0.4, 0.5) is 4.79 Å². The zero-order valence-electron chi connectivity index (χ0n) is 13.0. The van der Waals surface area contributed by atoms with Gasteiger partial charge in [-0.1, -0.05) is 43.9 Å². The van der Waals surface area contributed by atoms with Crippen molar-refractivity contribution in [2.75, 3.05) is 18.8 Å². The van der Waals surface area contributed by atoms with Crippen molar-refractivity contribution in [2.45, 2.75) is 57.4 Å². The minimum Gasteiger partial charge on any atom is -0.341 e. The summed E-state index contributed by atoms with van der Waals surface area (Å²) in [5, 5.41) is -0.147. The molecule has 0 aromatic heterocycles. The molecule has 122 valence electrons. The molecule has 22 heavy (non-hydrogen) atoms. The number of rotatable bonds is 4. The lowest BCUT2D eigenvalue weighted by Gasteiger charge is -2.24. The Balaban J connectivity index is 1.46. The molecule has 1 unspecified atom stereocenters. The summed E-state index contributed by atoms with van der Waals surface area (Å²) in [5.41, 5.74) is 0. The largest absolute Gasteiger partial charge is 0.341 e. The van der Waals surface area contributed by atoms with Gasteiger partial charge >= 0.3 is 0 Å². The summed E-state index contributed by atoms with van der Waals surface area (Å²) >= 11 is 1.07. The lowest BCUT2D eigenvalue weighted by Crippen LogP contribution is -2.41. The molecule has 0 bridgehead atoms. The van der Waals surface area contributed by atoms with Gasteiger partial charge in [-0.3, -0.25) is 19.3 Å². The van der Waals surface area contributed by atoms with E-state index in [2.05, 4.69) is 0 Å². The maximum atomic E-state index is 12.3. The molecule has 0 aromatic carbocycles. The molecule has 1 atom stereocenters. The van der Waals surface area contributed by atoms with Crippen LogP contribution in [-0.4, -0.2) is 51.7 Å². The van der Waals surface area contributed by atoms with Crippen LogP contribution in [0.15, 0.2) is 0 Å². The summed E-state index contributed by atoms with van der Waals surface area (Å²) in [6, 6.07) is -0.103. The Bertz CT molecular complexity index is 446. The summed E-state index contributed by atoms with van der Waals surface area (Å²) in [4.78, 5) is 39.1. The summed E-state index contributed by atoms with van der Waals surface area (Å²) in [6.07, 6.45) is 8.84. The zero-order valence-corrected chi connectivity index (χ0v) is 13.8. The van der Waals surface area contributed by atoms with Gasteiger partial charge in [-0.15, -0.1) is 0 Å². The fourth-order valence-electron chi connectivity index (χ4n) is 3.86. The highest BCUT2D eigenvalue weighted by atomic mass is 32.2. The maximum absolute atomic E-state index is 12.3. The molecular formula is C16H24N2O3S. The van der Waals surface area contributed by atoms with Crippen LogP contribution in [-0.2, 0) is 9.59 Å². The highest BCUT2D eigenvalue weighted by molar-refractivity contribution is 8.14. The van der Waals surface area contributed by atoms with Crippen LogP contribution in [0.25, 0.3) is 0 Å². The molecular weight excluding hydrogens is 300 g/mol. The van der Waals surface area contributed by atoms with E-state index >= 15 is 0 Å². The van der Waals surface area contributed by atoms with E-state index < -0.39 is 0 Å². The van der Waals surface area contributed by atoms with Gasteiger partial charge in [-0.25, -0.2) is 0 Å². The second-order valence-electron chi connectivity index (χ2n) is 6.64. The van der Waals surface area contributed by atoms with Gasteiger partial charge in [0.05, 0.1) is 11.8 Å². The second-order valence-corrected chi connectivity index (χ2v) is 7.57. The average Bonchev–Trinajstić information content (AvgIpc) is 3.13. The highest BCUT2D eigenvalue weighted by Crippen LogP contribution is 2.29. The Morgan fingerprint density at radius 1 is 1.14 bits per heavy atom. The summed E-state index contributed by atoms with van der Waals surface area (Å²) in [6.45, 7) is 1.21. The van der Waals surface area contributed by atoms with Crippen molar-refractivity contribution < 1.29 is 14.4 Å². The van der Waals surface area contributed by atoms with Crippen molar-refractivity contribution in [3.05, 3.63) is 0 Å². The van der Waals surface area contributed by atoms with E-state index in [1.54, 1.807) is 0 Å². The van der Waals surface area contributed by atoms with Crippen LogP contribution >= 0.6 is 11.8 Å². The number of amides is 3. The number of carbonyl (C=O) groups is 3. The fourth-order valence-corrected chi connectivity index (χ4v) is 4.63. The molecule has 0 radical (unpaired) electrons. The summed E-state index contributed by atoms with van der Waals surface area (Å²) < 4.78 is 0. The molecule has 0 N–H and O–H groups in total. The highest BCUT2D eigenvalue weighted by Gasteiger charge is 2.40. The van der Waals surface area contributed by atoms with Gasteiger partial charge in [0.25, 0.3) is 5.24 Å². The Morgan fingerprint density at radius 3 is 2.59 bits per heavy atom. The first-order valence-electron chi connectivity index (χ1n) is 8.41. The SMILES string of the molecule is O=C(CCC1CCCCC1)N1CCC(N2C(=O)CSC2=O)C1. The van der Waals surface area contributed by atoms with Crippen molar-refractivity contribution in [3.63, 3.8) is 0 Å². The molecule has 1 saturated carbocycles. The van der Waals surface area contributed by atoms with Gasteiger partial charge in [0.2, 0.25) is 11.8 Å². The number of hydrogen-bond donors (Lipinski definition) is 0. The standard InChI is InChI=1S/C16H24N2O3S/c19-14(7-6-12-4-2-1-3-5-12)17-9-8-13(10-17)18-15(20)11-22-16(18)21/h12-13H,1-11H2. The van der Waals surface area contributed by atoms with Gasteiger partial charge in [0, 0.05) is 19.5 Å². The fraction of sp³-hybridized carbons (Fsp3) is 0.812. The molecule has 1 aliphatic carbocycles. The van der Waals surface area contributed by atoms with E-state index in [0.717, 1.165) is 24.6 Å². The van der Waals surface area contributed by atoms with Crippen LogP contribution < -0.4 is 0 Å². The normalized spacial score (nSPS) is 27.0. The molecule has 3 aliphatic rings. The Kier molecular flexibility index (Phi) is 5.06. The Morgan fingerprint density at radius 2 is 1.91 bits per heavy atom. The second kappa shape index (κ2) is 7.02. The number of imide groups is 1. The monoisotopic (exact) mass is 324 g/mol. The van der Waals surface area contributed by atoms with E-state index in [1.807, 2.05) is 4.90 Å². The minimum atomic E-state index is -0.147. The van der Waals surface area contributed by atoms with Gasteiger partial charge in [0.1, 0.15) is 0 Å². The number of carbonyl (C=O) groups excluding carboxylic acids is 3. The summed E-state index contributed by atoms with van der Waals surface area (Å²) in [7, 11) is 0. The molecule has 6 heteroatoms. The van der Waals surface area contributed by atoms with E-state index in [0.29, 0.717) is 25.4 Å². The maximum Gasteiger partial charge on any atom is 0.289 e. The van der Waals surface area contributed by atoms with E-state index in [1.165, 1.54) is 37.0 Å². The Hall–Kier alpha value is -1.04. The molecule has 3 rings (SSSR count). The van der Waals surface area contributed by atoms with E-state index in [4.69, 9.17) is 0 Å². The molecule has 2 saturated heterocycles. The molecule has 3 fully saturated rings. The van der Waals surface area contributed by atoms with Crippen LogP contribution in [0, 0.1) is 5.92 Å².